The second-order valence-electron chi connectivity index (χ2n) is 9.20. The van der Waals surface area contributed by atoms with Gasteiger partial charge in [-0.2, -0.15) is 10.4 Å². The highest BCUT2D eigenvalue weighted by Crippen LogP contribution is 2.28. The van der Waals surface area contributed by atoms with E-state index < -0.39 is 5.91 Å². The van der Waals surface area contributed by atoms with Crippen molar-refractivity contribution >= 4 is 23.6 Å². The number of carbonyl (C=O) groups is 1. The number of nitrogens with zero attached hydrogens (tertiary/aromatic N) is 5. The number of para-hydroxylation sites is 1. The Kier molecular flexibility index (Phi) is 8.89. The van der Waals surface area contributed by atoms with Crippen molar-refractivity contribution in [2.24, 2.45) is 0 Å². The van der Waals surface area contributed by atoms with Gasteiger partial charge in [0, 0.05) is 53.4 Å². The molecular weight excluding hydrogens is 536 g/mol. The summed E-state index contributed by atoms with van der Waals surface area (Å²) in [6.45, 7) is 1.50. The van der Waals surface area contributed by atoms with E-state index in [-0.39, 0.29) is 5.57 Å². The molecule has 8 nitrogen and oxygen atoms in total. The molecule has 204 valence electrons. The fraction of sp³-hybridized carbons (Fsp3) is 0.125. The minimum Gasteiger partial charge on any atom is -0.489 e. The molecule has 5 aromatic rings. The van der Waals surface area contributed by atoms with Crippen LogP contribution in [0.25, 0.3) is 23.0 Å². The van der Waals surface area contributed by atoms with E-state index in [1.165, 1.54) is 0 Å². The van der Waals surface area contributed by atoms with Crippen LogP contribution in [-0.4, -0.2) is 31.8 Å². The molecule has 0 unspecified atom stereocenters. The number of aromatic nitrogens is 4. The molecule has 0 aliphatic carbocycles. The summed E-state index contributed by atoms with van der Waals surface area (Å²) in [5.41, 5.74) is 3.85. The number of benzene rings is 3. The standard InChI is InChI=1S/C32H27ClN6O2/c33-30-10-5-4-7-25(30)22-41-29-13-11-24(12-14-29)31-27(21-39(37-31)28-8-2-1-3-9-28)19-26(20-34)32(40)36-15-6-17-38-18-16-35-23-38/h1-5,7-14,16,18-19,21,23H,6,15,17,22H2,(H,36,40). The lowest BCUT2D eigenvalue weighted by Crippen LogP contribution is -2.26. The van der Waals surface area contributed by atoms with Crippen LogP contribution in [0.1, 0.15) is 17.5 Å². The van der Waals surface area contributed by atoms with E-state index in [9.17, 15) is 10.1 Å². The van der Waals surface area contributed by atoms with Gasteiger partial charge in [-0.1, -0.05) is 48.0 Å². The Balaban J connectivity index is 1.36. The van der Waals surface area contributed by atoms with Gasteiger partial charge < -0.3 is 14.6 Å². The second kappa shape index (κ2) is 13.3. The van der Waals surface area contributed by atoms with Crippen LogP contribution in [0.3, 0.4) is 0 Å². The molecule has 2 heterocycles. The van der Waals surface area contributed by atoms with Gasteiger partial charge in [0.1, 0.15) is 24.0 Å². The number of nitriles is 1. The Morgan fingerprint density at radius 1 is 1.05 bits per heavy atom. The van der Waals surface area contributed by atoms with Crippen LogP contribution >= 0.6 is 11.6 Å². The van der Waals surface area contributed by atoms with E-state index in [1.54, 1.807) is 23.3 Å². The lowest BCUT2D eigenvalue weighted by atomic mass is 10.1. The smallest absolute Gasteiger partial charge is 0.261 e. The topological polar surface area (TPSA) is 97.8 Å². The maximum absolute atomic E-state index is 12.8. The van der Waals surface area contributed by atoms with Crippen molar-refractivity contribution in [3.05, 3.63) is 126 Å². The largest absolute Gasteiger partial charge is 0.489 e. The summed E-state index contributed by atoms with van der Waals surface area (Å²) in [6.07, 6.45) is 9.41. The number of halogens is 1. The average molecular weight is 563 g/mol. The zero-order chi connectivity index (χ0) is 28.4. The molecule has 5 rings (SSSR count). The van der Waals surface area contributed by atoms with Crippen molar-refractivity contribution in [3.8, 4) is 28.8 Å². The number of rotatable bonds is 11. The van der Waals surface area contributed by atoms with Crippen molar-refractivity contribution in [3.63, 3.8) is 0 Å². The molecule has 0 saturated heterocycles. The summed E-state index contributed by atoms with van der Waals surface area (Å²) in [5, 5.41) is 18.1. The van der Waals surface area contributed by atoms with Crippen LogP contribution in [0.4, 0.5) is 0 Å². The Hall–Kier alpha value is -5.13. The number of hydrogen-bond donors (Lipinski definition) is 1. The van der Waals surface area contributed by atoms with Crippen LogP contribution in [0.5, 0.6) is 5.75 Å². The molecule has 0 fully saturated rings. The zero-order valence-electron chi connectivity index (χ0n) is 22.2. The van der Waals surface area contributed by atoms with Gasteiger partial charge in [-0.25, -0.2) is 9.67 Å². The lowest BCUT2D eigenvalue weighted by molar-refractivity contribution is -0.117. The molecule has 0 bridgehead atoms. The minimum absolute atomic E-state index is 0.00110. The summed E-state index contributed by atoms with van der Waals surface area (Å²) in [6, 6.07) is 26.8. The molecule has 0 radical (unpaired) electrons. The molecule has 0 aliphatic rings. The maximum atomic E-state index is 12.8. The number of ether oxygens (including phenoxy) is 1. The summed E-state index contributed by atoms with van der Waals surface area (Å²) in [7, 11) is 0. The van der Waals surface area contributed by atoms with Crippen LogP contribution in [0, 0.1) is 11.3 Å². The third-order valence-corrected chi connectivity index (χ3v) is 6.71. The first kappa shape index (κ1) is 27.4. The highest BCUT2D eigenvalue weighted by molar-refractivity contribution is 6.31. The van der Waals surface area contributed by atoms with Crippen LogP contribution in [0.15, 0.2) is 109 Å². The maximum Gasteiger partial charge on any atom is 0.261 e. The van der Waals surface area contributed by atoms with Crippen molar-refractivity contribution in [1.82, 2.24) is 24.6 Å². The Morgan fingerprint density at radius 2 is 1.83 bits per heavy atom. The third-order valence-electron chi connectivity index (χ3n) is 6.35. The SMILES string of the molecule is N#CC(=Cc1cn(-c2ccccc2)nc1-c1ccc(OCc2ccccc2Cl)cc1)C(=O)NCCCn1ccnc1. The van der Waals surface area contributed by atoms with E-state index in [2.05, 4.69) is 10.3 Å². The number of aryl methyl sites for hydroxylation is 1. The van der Waals surface area contributed by atoms with Gasteiger partial charge >= 0.3 is 0 Å². The van der Waals surface area contributed by atoms with Gasteiger partial charge in [-0.05, 0) is 55.0 Å². The third kappa shape index (κ3) is 7.10. The second-order valence-corrected chi connectivity index (χ2v) is 9.60. The van der Waals surface area contributed by atoms with Crippen LogP contribution in [-0.2, 0) is 17.9 Å². The first-order valence-electron chi connectivity index (χ1n) is 13.1. The lowest BCUT2D eigenvalue weighted by Gasteiger charge is -2.08. The fourth-order valence-corrected chi connectivity index (χ4v) is 4.39. The molecule has 1 amide bonds. The minimum atomic E-state index is -0.431. The summed E-state index contributed by atoms with van der Waals surface area (Å²) in [5.74, 6) is 0.251. The first-order chi connectivity index (χ1) is 20.1. The van der Waals surface area contributed by atoms with Gasteiger partial charge in [-0.15, -0.1) is 0 Å². The van der Waals surface area contributed by atoms with E-state index in [4.69, 9.17) is 21.4 Å². The summed E-state index contributed by atoms with van der Waals surface area (Å²) < 4.78 is 9.60. The van der Waals surface area contributed by atoms with Gasteiger partial charge in [0.15, 0.2) is 0 Å². The van der Waals surface area contributed by atoms with Gasteiger partial charge in [0.05, 0.1) is 17.7 Å². The molecule has 2 aromatic heterocycles. The highest BCUT2D eigenvalue weighted by Gasteiger charge is 2.15. The number of amides is 1. The molecular formula is C32H27ClN6O2. The zero-order valence-corrected chi connectivity index (χ0v) is 22.9. The molecule has 3 aromatic carbocycles. The number of hydrogen-bond acceptors (Lipinski definition) is 5. The Bertz CT molecular complexity index is 1670. The van der Waals surface area contributed by atoms with E-state index in [0.717, 1.165) is 23.4 Å². The summed E-state index contributed by atoms with van der Waals surface area (Å²) in [4.78, 5) is 16.9. The average Bonchev–Trinajstić information content (AvgIpc) is 3.69. The monoisotopic (exact) mass is 562 g/mol. The fourth-order valence-electron chi connectivity index (χ4n) is 4.20. The molecule has 1 N–H and O–H groups in total. The van der Waals surface area contributed by atoms with Crippen molar-refractivity contribution in [2.45, 2.75) is 19.6 Å². The predicted octanol–water partition coefficient (Wildman–Crippen LogP) is 6.08. The van der Waals surface area contributed by atoms with Gasteiger partial charge in [0.25, 0.3) is 5.91 Å². The van der Waals surface area contributed by atoms with Crippen molar-refractivity contribution in [2.75, 3.05) is 6.54 Å². The van der Waals surface area contributed by atoms with Gasteiger partial charge in [0.2, 0.25) is 0 Å². The van der Waals surface area contributed by atoms with Gasteiger partial charge in [-0.3, -0.25) is 4.79 Å². The number of imidazole rings is 1. The normalized spacial score (nSPS) is 11.2. The molecule has 0 saturated carbocycles. The predicted molar refractivity (Wildman–Crippen MR) is 158 cm³/mol. The Morgan fingerprint density at radius 3 is 2.56 bits per heavy atom. The first-order valence-corrected chi connectivity index (χ1v) is 13.5. The number of nitrogens with one attached hydrogen (secondary N) is 1. The number of carbonyl (C=O) groups excluding carboxylic acids is 1. The highest BCUT2D eigenvalue weighted by atomic mass is 35.5. The molecule has 0 spiro atoms. The van der Waals surface area contributed by atoms with E-state index in [0.29, 0.717) is 41.6 Å². The van der Waals surface area contributed by atoms with Crippen LogP contribution in [0.2, 0.25) is 5.02 Å². The van der Waals surface area contributed by atoms with Crippen molar-refractivity contribution in [1.29, 1.82) is 5.26 Å². The molecule has 41 heavy (non-hydrogen) atoms. The van der Waals surface area contributed by atoms with E-state index in [1.807, 2.05) is 102 Å². The molecule has 0 aliphatic heterocycles. The van der Waals surface area contributed by atoms with E-state index >= 15 is 0 Å². The van der Waals surface area contributed by atoms with Crippen LogP contribution < -0.4 is 10.1 Å². The van der Waals surface area contributed by atoms with Crippen molar-refractivity contribution < 1.29 is 9.53 Å². The molecule has 9 heteroatoms. The summed E-state index contributed by atoms with van der Waals surface area (Å²) >= 11 is 6.25. The quantitative estimate of drug-likeness (QED) is 0.119. The molecule has 0 atom stereocenters. The Labute approximate surface area is 243 Å².